The van der Waals surface area contributed by atoms with Crippen LogP contribution in [0.5, 0.6) is 5.75 Å². The Morgan fingerprint density at radius 1 is 1.47 bits per heavy atom. The van der Waals surface area contributed by atoms with E-state index in [-0.39, 0.29) is 5.75 Å². The van der Waals surface area contributed by atoms with Crippen LogP contribution >= 0.6 is 11.8 Å². The molecule has 0 aliphatic rings. The minimum Gasteiger partial charge on any atom is -0.490 e. The molecule has 96 valence electrons. The second-order valence-electron chi connectivity index (χ2n) is 3.76. The van der Waals surface area contributed by atoms with Crippen LogP contribution < -0.4 is 4.74 Å². The smallest absolute Gasteiger partial charge is 0.165 e. The van der Waals surface area contributed by atoms with Gasteiger partial charge in [0.1, 0.15) is 0 Å². The lowest BCUT2D eigenvalue weighted by atomic mass is 10.1. The zero-order valence-electron chi connectivity index (χ0n) is 10.3. The molecular weight excluding hydrogens is 239 g/mol. The summed E-state index contributed by atoms with van der Waals surface area (Å²) in [7, 11) is 0. The number of benzene rings is 1. The molecule has 0 bridgehead atoms. The molecule has 0 amide bonds. The van der Waals surface area contributed by atoms with E-state index in [2.05, 4.69) is 6.92 Å². The normalized spacial score (nSPS) is 12.5. The van der Waals surface area contributed by atoms with Gasteiger partial charge in [-0.15, -0.1) is 0 Å². The summed E-state index contributed by atoms with van der Waals surface area (Å²) in [6.45, 7) is 4.25. The fraction of sp³-hybridized carbons (Fsp3) is 0.538. The number of rotatable bonds is 7. The van der Waals surface area contributed by atoms with E-state index in [0.29, 0.717) is 12.2 Å². The van der Waals surface area contributed by atoms with Crippen LogP contribution in [-0.4, -0.2) is 23.2 Å². The van der Waals surface area contributed by atoms with E-state index in [9.17, 15) is 9.50 Å². The molecule has 0 radical (unpaired) electrons. The second kappa shape index (κ2) is 7.56. The van der Waals surface area contributed by atoms with Gasteiger partial charge < -0.3 is 9.84 Å². The number of hydrogen-bond donors (Lipinski definition) is 1. The third kappa shape index (κ3) is 4.96. The third-order valence-corrected chi connectivity index (χ3v) is 3.32. The number of thioether (sulfide) groups is 1. The molecule has 1 rings (SSSR count). The Morgan fingerprint density at radius 2 is 2.24 bits per heavy atom. The van der Waals surface area contributed by atoms with Gasteiger partial charge in [-0.3, -0.25) is 0 Å². The predicted octanol–water partition coefficient (Wildman–Crippen LogP) is 3.40. The first-order valence-electron chi connectivity index (χ1n) is 5.83. The molecule has 0 saturated carbocycles. The molecule has 0 spiro atoms. The molecule has 2 nitrogen and oxygen atoms in total. The Morgan fingerprint density at radius 3 is 2.82 bits per heavy atom. The van der Waals surface area contributed by atoms with Crippen LogP contribution in [0.2, 0.25) is 0 Å². The predicted molar refractivity (Wildman–Crippen MR) is 70.1 cm³/mol. The van der Waals surface area contributed by atoms with E-state index in [1.807, 2.05) is 11.8 Å². The zero-order valence-corrected chi connectivity index (χ0v) is 11.1. The van der Waals surface area contributed by atoms with E-state index in [4.69, 9.17) is 4.74 Å². The maximum Gasteiger partial charge on any atom is 0.165 e. The maximum atomic E-state index is 13.5. The molecule has 1 N–H and O–H groups in total. The SMILES string of the molecule is CCSCCCOc1ccc(C(C)O)cc1F. The third-order valence-electron chi connectivity index (χ3n) is 2.33. The summed E-state index contributed by atoms with van der Waals surface area (Å²) in [6, 6.07) is 4.58. The van der Waals surface area contributed by atoms with Crippen molar-refractivity contribution in [3.05, 3.63) is 29.6 Å². The summed E-state index contributed by atoms with van der Waals surface area (Å²) >= 11 is 1.85. The van der Waals surface area contributed by atoms with Crippen molar-refractivity contribution in [2.24, 2.45) is 0 Å². The minimum absolute atomic E-state index is 0.260. The van der Waals surface area contributed by atoms with Crippen LogP contribution in [0.15, 0.2) is 18.2 Å². The Balaban J connectivity index is 2.43. The molecule has 0 heterocycles. The van der Waals surface area contributed by atoms with E-state index in [1.165, 1.54) is 6.07 Å². The highest BCUT2D eigenvalue weighted by Crippen LogP contribution is 2.22. The van der Waals surface area contributed by atoms with Gasteiger partial charge in [0.15, 0.2) is 11.6 Å². The first-order chi connectivity index (χ1) is 8.15. The minimum atomic E-state index is -0.653. The van der Waals surface area contributed by atoms with Crippen molar-refractivity contribution in [3.63, 3.8) is 0 Å². The number of halogens is 1. The maximum absolute atomic E-state index is 13.5. The van der Waals surface area contributed by atoms with Gasteiger partial charge in [-0.05, 0) is 42.5 Å². The summed E-state index contributed by atoms with van der Waals surface area (Å²) < 4.78 is 18.9. The van der Waals surface area contributed by atoms with Gasteiger partial charge in [-0.1, -0.05) is 13.0 Å². The topological polar surface area (TPSA) is 29.5 Å². The van der Waals surface area contributed by atoms with Gasteiger partial charge in [-0.2, -0.15) is 11.8 Å². The molecule has 4 heteroatoms. The molecule has 0 aromatic heterocycles. The van der Waals surface area contributed by atoms with Crippen molar-refractivity contribution in [1.29, 1.82) is 0 Å². The molecule has 0 aliphatic heterocycles. The molecule has 0 aliphatic carbocycles. The lowest BCUT2D eigenvalue weighted by Gasteiger charge is -2.09. The molecule has 1 aromatic carbocycles. The summed E-state index contributed by atoms with van der Waals surface area (Å²) in [5, 5.41) is 9.30. The number of ether oxygens (including phenoxy) is 1. The van der Waals surface area contributed by atoms with Crippen molar-refractivity contribution in [1.82, 2.24) is 0 Å². The lowest BCUT2D eigenvalue weighted by Crippen LogP contribution is -2.01. The summed E-state index contributed by atoms with van der Waals surface area (Å²) in [5.74, 6) is 1.98. The largest absolute Gasteiger partial charge is 0.490 e. The average molecular weight is 258 g/mol. The Hall–Kier alpha value is -0.740. The lowest BCUT2D eigenvalue weighted by molar-refractivity contribution is 0.198. The molecular formula is C13H19FO2S. The van der Waals surface area contributed by atoms with Gasteiger partial charge in [0, 0.05) is 0 Å². The van der Waals surface area contributed by atoms with Crippen LogP contribution in [0.25, 0.3) is 0 Å². The average Bonchev–Trinajstić information content (AvgIpc) is 2.30. The Bertz CT molecular complexity index is 342. The Labute approximate surface area is 106 Å². The number of hydrogen-bond acceptors (Lipinski definition) is 3. The summed E-state index contributed by atoms with van der Waals surface area (Å²) in [6.07, 6.45) is 0.260. The number of aliphatic hydroxyl groups excluding tert-OH is 1. The van der Waals surface area contributed by atoms with Crippen molar-refractivity contribution in [3.8, 4) is 5.75 Å². The number of aliphatic hydroxyl groups is 1. The molecule has 1 aromatic rings. The van der Waals surface area contributed by atoms with Gasteiger partial charge in [0.05, 0.1) is 12.7 Å². The van der Waals surface area contributed by atoms with E-state index in [0.717, 1.165) is 17.9 Å². The highest BCUT2D eigenvalue weighted by Gasteiger charge is 2.07. The van der Waals surface area contributed by atoms with Crippen molar-refractivity contribution in [2.45, 2.75) is 26.4 Å². The van der Waals surface area contributed by atoms with Crippen LogP contribution in [0.4, 0.5) is 4.39 Å². The van der Waals surface area contributed by atoms with Crippen molar-refractivity contribution < 1.29 is 14.2 Å². The van der Waals surface area contributed by atoms with Gasteiger partial charge in [0.25, 0.3) is 0 Å². The van der Waals surface area contributed by atoms with E-state index >= 15 is 0 Å². The van der Waals surface area contributed by atoms with Crippen LogP contribution in [0, 0.1) is 5.82 Å². The van der Waals surface area contributed by atoms with E-state index in [1.54, 1.807) is 19.1 Å². The fourth-order valence-corrected chi connectivity index (χ4v) is 1.99. The molecule has 1 unspecified atom stereocenters. The van der Waals surface area contributed by atoms with E-state index < -0.39 is 11.9 Å². The molecule has 1 atom stereocenters. The van der Waals surface area contributed by atoms with Crippen LogP contribution in [0.3, 0.4) is 0 Å². The van der Waals surface area contributed by atoms with Crippen LogP contribution in [-0.2, 0) is 0 Å². The first kappa shape index (κ1) is 14.3. The monoisotopic (exact) mass is 258 g/mol. The molecule has 17 heavy (non-hydrogen) atoms. The quantitative estimate of drug-likeness (QED) is 0.760. The van der Waals surface area contributed by atoms with Gasteiger partial charge in [-0.25, -0.2) is 4.39 Å². The second-order valence-corrected chi connectivity index (χ2v) is 5.16. The summed E-state index contributed by atoms with van der Waals surface area (Å²) in [4.78, 5) is 0. The standard InChI is InChI=1S/C13H19FO2S/c1-3-17-8-4-7-16-13-6-5-11(10(2)15)9-12(13)14/h5-6,9-10,15H,3-4,7-8H2,1-2H3. The molecule has 0 fully saturated rings. The first-order valence-corrected chi connectivity index (χ1v) is 6.98. The van der Waals surface area contributed by atoms with Crippen LogP contribution in [0.1, 0.15) is 31.9 Å². The van der Waals surface area contributed by atoms with Gasteiger partial charge in [0.2, 0.25) is 0 Å². The van der Waals surface area contributed by atoms with Gasteiger partial charge >= 0.3 is 0 Å². The van der Waals surface area contributed by atoms with Crippen molar-refractivity contribution in [2.75, 3.05) is 18.1 Å². The highest BCUT2D eigenvalue weighted by atomic mass is 32.2. The molecule has 0 saturated heterocycles. The zero-order chi connectivity index (χ0) is 12.7. The Kier molecular flexibility index (Phi) is 6.37. The van der Waals surface area contributed by atoms with Crippen molar-refractivity contribution >= 4 is 11.8 Å². The highest BCUT2D eigenvalue weighted by molar-refractivity contribution is 7.99. The fourth-order valence-electron chi connectivity index (χ4n) is 1.38. The summed E-state index contributed by atoms with van der Waals surface area (Å²) in [5.41, 5.74) is 0.566.